The first-order valence-electron chi connectivity index (χ1n) is 10.7. The van der Waals surface area contributed by atoms with Gasteiger partial charge in [-0.2, -0.15) is 18.3 Å². The summed E-state index contributed by atoms with van der Waals surface area (Å²) >= 11 is 6.58. The maximum atomic E-state index is 13.0. The quantitative estimate of drug-likeness (QED) is 0.278. The fourth-order valence-corrected chi connectivity index (χ4v) is 4.15. The van der Waals surface area contributed by atoms with E-state index in [1.54, 1.807) is 7.05 Å². The fraction of sp³-hybridized carbons (Fsp3) is 0.348. The number of ether oxygens (including phenoxy) is 2. The number of benzene rings is 1. The first-order valence-corrected chi connectivity index (χ1v) is 11.1. The summed E-state index contributed by atoms with van der Waals surface area (Å²) in [5, 5.41) is 4.72. The van der Waals surface area contributed by atoms with Gasteiger partial charge in [-0.1, -0.05) is 44.5 Å². The van der Waals surface area contributed by atoms with Crippen LogP contribution in [-0.2, 0) is 12.5 Å². The number of nitrogens with one attached hydrogen (secondary N) is 1. The number of hydrogen-bond acceptors (Lipinski definition) is 5. The molecular weight excluding hydrogens is 528 g/mol. The van der Waals surface area contributed by atoms with Gasteiger partial charge in [0, 0.05) is 18.0 Å². The van der Waals surface area contributed by atoms with Crippen LogP contribution in [0.5, 0.6) is 11.6 Å². The molecule has 4 rings (SSSR count). The monoisotopic (exact) mass is 547 g/mol. The lowest BCUT2D eigenvalue weighted by molar-refractivity contribution is -0.274. The Hall–Kier alpha value is -3.48. The topological polar surface area (TPSA) is 77.8 Å². The summed E-state index contributed by atoms with van der Waals surface area (Å²) in [6.07, 6.45) is -9.70. The second-order valence-electron chi connectivity index (χ2n) is 9.12. The molecule has 37 heavy (non-hydrogen) atoms. The zero-order chi connectivity index (χ0) is 27.3. The van der Waals surface area contributed by atoms with Crippen molar-refractivity contribution in [1.82, 2.24) is 24.7 Å². The van der Waals surface area contributed by atoms with E-state index in [0.717, 1.165) is 6.07 Å². The van der Waals surface area contributed by atoms with E-state index in [-0.39, 0.29) is 33.1 Å². The lowest BCUT2D eigenvalue weighted by Crippen LogP contribution is -2.20. The molecule has 0 radical (unpaired) electrons. The van der Waals surface area contributed by atoms with Crippen LogP contribution >= 0.6 is 11.6 Å². The van der Waals surface area contributed by atoms with Crippen molar-refractivity contribution in [2.75, 3.05) is 6.61 Å². The number of H-pyrrole nitrogens is 1. The van der Waals surface area contributed by atoms with E-state index in [1.165, 1.54) is 28.9 Å². The van der Waals surface area contributed by atoms with Gasteiger partial charge in [-0.15, -0.1) is 13.2 Å². The molecule has 0 saturated heterocycles. The third kappa shape index (κ3) is 5.76. The molecule has 3 aromatic heterocycles. The van der Waals surface area contributed by atoms with Gasteiger partial charge in [-0.05, 0) is 18.2 Å². The average molecular weight is 548 g/mol. The molecule has 0 fully saturated rings. The Morgan fingerprint density at radius 1 is 1.03 bits per heavy atom. The predicted octanol–water partition coefficient (Wildman–Crippen LogP) is 6.82. The number of alkyl halides is 6. The molecule has 0 aliphatic carbocycles. The Bertz CT molecular complexity index is 1450. The third-order valence-corrected chi connectivity index (χ3v) is 5.48. The average Bonchev–Trinajstić information content (AvgIpc) is 3.30. The smallest absolute Gasteiger partial charge is 0.466 e. The largest absolute Gasteiger partial charge is 0.573 e. The van der Waals surface area contributed by atoms with Gasteiger partial charge in [0.25, 0.3) is 0 Å². The molecule has 7 nitrogen and oxygen atoms in total. The first-order chi connectivity index (χ1) is 17.0. The molecule has 3 heterocycles. The minimum atomic E-state index is -5.00. The maximum Gasteiger partial charge on any atom is 0.573 e. The molecule has 0 spiro atoms. The number of aromatic amines is 1. The van der Waals surface area contributed by atoms with Gasteiger partial charge in [0.1, 0.15) is 17.0 Å². The van der Waals surface area contributed by atoms with Crippen molar-refractivity contribution in [2.24, 2.45) is 7.05 Å². The Morgan fingerprint density at radius 2 is 1.70 bits per heavy atom. The molecule has 1 aromatic carbocycles. The summed E-state index contributed by atoms with van der Waals surface area (Å²) in [6.45, 7) is 4.03. The van der Waals surface area contributed by atoms with E-state index in [4.69, 9.17) is 16.3 Å². The number of rotatable bonds is 5. The molecule has 14 heteroatoms. The fourth-order valence-electron chi connectivity index (χ4n) is 3.61. The van der Waals surface area contributed by atoms with Crippen LogP contribution in [0, 0.1) is 0 Å². The highest BCUT2D eigenvalue weighted by molar-refractivity contribution is 6.33. The van der Waals surface area contributed by atoms with Crippen LogP contribution in [0.15, 0.2) is 30.3 Å². The molecule has 4 aromatic rings. The lowest BCUT2D eigenvalue weighted by atomic mass is 9.92. The van der Waals surface area contributed by atoms with Gasteiger partial charge in [0.15, 0.2) is 12.4 Å². The van der Waals surface area contributed by atoms with Crippen LogP contribution in [0.1, 0.15) is 26.5 Å². The zero-order valence-corrected chi connectivity index (χ0v) is 20.6. The minimum Gasteiger partial charge on any atom is -0.466 e. The van der Waals surface area contributed by atoms with Crippen molar-refractivity contribution in [3.63, 3.8) is 0 Å². The molecule has 0 amide bonds. The summed E-state index contributed by atoms with van der Waals surface area (Å²) in [5.74, 6) is -0.954. The number of hydrogen-bond donors (Lipinski definition) is 1. The van der Waals surface area contributed by atoms with Crippen molar-refractivity contribution >= 4 is 22.6 Å². The molecule has 0 bridgehead atoms. The standard InChI is InChI=1S/C23H20ClF6N5O2/c1-21(2,3)18-15(24)17(35(4)34-18)19-31-13-9-12(11-7-5-6-8-14(11)37-23(28,29)30)32-20(16(13)33-19)36-10-22(25,26)27/h5-9H,10H2,1-4H3,(H,31,33). The van der Waals surface area contributed by atoms with Crippen molar-refractivity contribution in [1.29, 1.82) is 0 Å². The number of nitrogens with zero attached hydrogens (tertiary/aromatic N) is 4. The van der Waals surface area contributed by atoms with Crippen LogP contribution < -0.4 is 9.47 Å². The van der Waals surface area contributed by atoms with Crippen LogP contribution in [0.2, 0.25) is 5.02 Å². The summed E-state index contributed by atoms with van der Waals surface area (Å²) in [5.41, 5.74) is 0.299. The van der Waals surface area contributed by atoms with E-state index < -0.39 is 36.2 Å². The predicted molar refractivity (Wildman–Crippen MR) is 123 cm³/mol. The van der Waals surface area contributed by atoms with Crippen molar-refractivity contribution in [3.05, 3.63) is 41.0 Å². The van der Waals surface area contributed by atoms with Gasteiger partial charge in [0.05, 0.1) is 21.9 Å². The second-order valence-corrected chi connectivity index (χ2v) is 9.50. The van der Waals surface area contributed by atoms with Gasteiger partial charge >= 0.3 is 12.5 Å². The minimum absolute atomic E-state index is 0.00760. The Kier molecular flexibility index (Phi) is 6.55. The van der Waals surface area contributed by atoms with Crippen LogP contribution in [0.4, 0.5) is 26.3 Å². The molecule has 1 N–H and O–H groups in total. The van der Waals surface area contributed by atoms with E-state index in [9.17, 15) is 26.3 Å². The zero-order valence-electron chi connectivity index (χ0n) is 19.8. The maximum absolute atomic E-state index is 13.0. The molecule has 0 aliphatic rings. The summed E-state index contributed by atoms with van der Waals surface area (Å²) in [4.78, 5) is 11.4. The second kappa shape index (κ2) is 9.12. The van der Waals surface area contributed by atoms with E-state index >= 15 is 0 Å². The third-order valence-electron chi connectivity index (χ3n) is 5.13. The highest BCUT2D eigenvalue weighted by Gasteiger charge is 2.33. The highest BCUT2D eigenvalue weighted by atomic mass is 35.5. The number of halogens is 7. The van der Waals surface area contributed by atoms with Crippen molar-refractivity contribution in [2.45, 2.75) is 38.7 Å². The van der Waals surface area contributed by atoms with Gasteiger partial charge < -0.3 is 14.5 Å². The molecule has 198 valence electrons. The SMILES string of the molecule is Cn1nc(C(C)(C)C)c(Cl)c1-c1nc2cc(-c3ccccc3OC(F)(F)F)nc(OCC(F)(F)F)c2[nH]1. The first kappa shape index (κ1) is 26.6. The Balaban J connectivity index is 1.91. The van der Waals surface area contributed by atoms with Gasteiger partial charge in [-0.3, -0.25) is 4.68 Å². The highest BCUT2D eigenvalue weighted by Crippen LogP contribution is 2.39. The van der Waals surface area contributed by atoms with E-state index in [2.05, 4.69) is 24.8 Å². The van der Waals surface area contributed by atoms with Crippen LogP contribution in [0.3, 0.4) is 0 Å². The van der Waals surface area contributed by atoms with Crippen LogP contribution in [0.25, 0.3) is 33.8 Å². The van der Waals surface area contributed by atoms with E-state index in [0.29, 0.717) is 11.4 Å². The van der Waals surface area contributed by atoms with Crippen molar-refractivity contribution in [3.8, 4) is 34.4 Å². The number of imidazole rings is 1. The Morgan fingerprint density at radius 3 is 2.30 bits per heavy atom. The molecule has 0 atom stereocenters. The van der Waals surface area contributed by atoms with Crippen LogP contribution in [-0.4, -0.2) is 43.9 Å². The normalized spacial score (nSPS) is 12.8. The number of aryl methyl sites for hydroxylation is 1. The summed E-state index contributed by atoms with van der Waals surface area (Å²) in [7, 11) is 1.62. The molecular formula is C23H20ClF6N5O2. The number of fused-ring (bicyclic) bond motifs is 1. The number of aromatic nitrogens is 5. The molecule has 0 saturated carbocycles. The van der Waals surface area contributed by atoms with E-state index in [1.807, 2.05) is 20.8 Å². The lowest BCUT2D eigenvalue weighted by Gasteiger charge is -2.15. The summed E-state index contributed by atoms with van der Waals surface area (Å²) < 4.78 is 88.2. The van der Waals surface area contributed by atoms with Gasteiger partial charge in [0.2, 0.25) is 5.88 Å². The van der Waals surface area contributed by atoms with Crippen molar-refractivity contribution < 1.29 is 35.8 Å². The summed E-state index contributed by atoms with van der Waals surface area (Å²) in [6, 6.07) is 6.39. The van der Waals surface area contributed by atoms with Gasteiger partial charge in [-0.25, -0.2) is 9.97 Å². The number of para-hydroxylation sites is 1. The Labute approximate surface area is 211 Å². The molecule has 0 aliphatic heterocycles. The molecule has 0 unspecified atom stereocenters. The number of pyridine rings is 1.